The first-order valence-electron chi connectivity index (χ1n) is 9.91. The normalized spacial score (nSPS) is 17.5. The van der Waals surface area contributed by atoms with Gasteiger partial charge in [0.15, 0.2) is 5.17 Å². The largest absolute Gasteiger partial charge is 0.326 e. The Labute approximate surface area is 182 Å². The Morgan fingerprint density at radius 1 is 1.17 bits per heavy atom. The number of aliphatic imine (C=N–C) groups is 1. The zero-order valence-electron chi connectivity index (χ0n) is 17.9. The molecule has 2 aromatic carbocycles. The maximum Gasteiger partial charge on any atom is 0.242 e. The number of amides is 2. The van der Waals surface area contributed by atoms with E-state index in [-0.39, 0.29) is 18.2 Å². The predicted octanol–water partition coefficient (Wildman–Crippen LogP) is 5.07. The molecule has 1 aliphatic rings. The molecular formula is C24H27N3O2S. The van der Waals surface area contributed by atoms with E-state index in [9.17, 15) is 9.59 Å². The Morgan fingerprint density at radius 2 is 1.87 bits per heavy atom. The van der Waals surface area contributed by atoms with Crippen molar-refractivity contribution in [2.75, 3.05) is 11.9 Å². The van der Waals surface area contributed by atoms with Crippen molar-refractivity contribution in [1.29, 1.82) is 0 Å². The van der Waals surface area contributed by atoms with Crippen LogP contribution in [0.1, 0.15) is 28.7 Å². The van der Waals surface area contributed by atoms with Gasteiger partial charge in [-0.05, 0) is 50.5 Å². The molecule has 156 valence electrons. The Kier molecular flexibility index (Phi) is 6.77. The van der Waals surface area contributed by atoms with Crippen molar-refractivity contribution in [3.05, 3.63) is 71.3 Å². The van der Waals surface area contributed by atoms with E-state index < -0.39 is 5.25 Å². The van der Waals surface area contributed by atoms with Crippen LogP contribution in [0.15, 0.2) is 54.0 Å². The molecule has 0 radical (unpaired) electrons. The van der Waals surface area contributed by atoms with Crippen LogP contribution in [0.3, 0.4) is 0 Å². The fourth-order valence-corrected chi connectivity index (χ4v) is 4.59. The summed E-state index contributed by atoms with van der Waals surface area (Å²) in [5.41, 5.74) is 5.84. The van der Waals surface area contributed by atoms with E-state index in [1.165, 1.54) is 11.8 Å². The second-order valence-corrected chi connectivity index (χ2v) is 8.72. The van der Waals surface area contributed by atoms with Crippen molar-refractivity contribution in [2.45, 2.75) is 39.4 Å². The first kappa shape index (κ1) is 21.8. The van der Waals surface area contributed by atoms with Crippen molar-refractivity contribution in [3.63, 3.8) is 0 Å². The fourth-order valence-electron chi connectivity index (χ4n) is 3.43. The number of para-hydroxylation sites is 1. The molecular weight excluding hydrogens is 394 g/mol. The number of rotatable bonds is 6. The second kappa shape index (κ2) is 9.30. The number of nitrogens with zero attached hydrogens (tertiary/aromatic N) is 2. The highest BCUT2D eigenvalue weighted by atomic mass is 32.2. The molecule has 1 fully saturated rings. The molecule has 30 heavy (non-hydrogen) atoms. The average Bonchev–Trinajstić information content (AvgIpc) is 2.96. The van der Waals surface area contributed by atoms with Crippen LogP contribution in [0, 0.1) is 27.7 Å². The van der Waals surface area contributed by atoms with Gasteiger partial charge in [0.05, 0.1) is 5.69 Å². The van der Waals surface area contributed by atoms with Crippen LogP contribution in [0.4, 0.5) is 11.4 Å². The van der Waals surface area contributed by atoms with E-state index in [2.05, 4.69) is 18.0 Å². The lowest BCUT2D eigenvalue weighted by Gasteiger charge is -2.15. The second-order valence-electron chi connectivity index (χ2n) is 7.55. The molecule has 0 aromatic heterocycles. The van der Waals surface area contributed by atoms with E-state index in [4.69, 9.17) is 4.99 Å². The number of carbonyl (C=O) groups is 2. The van der Waals surface area contributed by atoms with Crippen LogP contribution in [0.25, 0.3) is 0 Å². The molecule has 1 aliphatic heterocycles. The topological polar surface area (TPSA) is 61.8 Å². The van der Waals surface area contributed by atoms with Crippen LogP contribution in [0.2, 0.25) is 0 Å². The number of thioether (sulfide) groups is 1. The van der Waals surface area contributed by atoms with Gasteiger partial charge in [0, 0.05) is 18.7 Å². The highest BCUT2D eigenvalue weighted by Crippen LogP contribution is 2.33. The number of carbonyl (C=O) groups excluding carboxylic acids is 2. The lowest BCUT2D eigenvalue weighted by molar-refractivity contribution is -0.127. The third-order valence-corrected chi connectivity index (χ3v) is 6.19. The van der Waals surface area contributed by atoms with Crippen molar-refractivity contribution in [2.24, 2.45) is 4.99 Å². The summed E-state index contributed by atoms with van der Waals surface area (Å²) in [6.45, 7) is 12.1. The highest BCUT2D eigenvalue weighted by molar-refractivity contribution is 8.15. The van der Waals surface area contributed by atoms with Crippen LogP contribution in [0.5, 0.6) is 0 Å². The molecule has 0 aliphatic carbocycles. The summed E-state index contributed by atoms with van der Waals surface area (Å²) in [5.74, 6) is -0.287. The summed E-state index contributed by atoms with van der Waals surface area (Å²) < 4.78 is 0. The zero-order chi connectivity index (χ0) is 21.8. The fraction of sp³-hybridized carbons (Fsp3) is 0.292. The minimum absolute atomic E-state index is 0.0941. The predicted molar refractivity (Wildman–Crippen MR) is 125 cm³/mol. The number of hydrogen-bond donors (Lipinski definition) is 1. The van der Waals surface area contributed by atoms with Crippen LogP contribution >= 0.6 is 11.8 Å². The summed E-state index contributed by atoms with van der Waals surface area (Å²) >= 11 is 1.34. The van der Waals surface area contributed by atoms with E-state index >= 15 is 0 Å². The molecule has 1 heterocycles. The number of hydrogen-bond acceptors (Lipinski definition) is 4. The number of benzene rings is 2. The molecule has 5 nitrogen and oxygen atoms in total. The minimum Gasteiger partial charge on any atom is -0.326 e. The first-order chi connectivity index (χ1) is 14.3. The maximum atomic E-state index is 13.0. The van der Waals surface area contributed by atoms with Gasteiger partial charge in [-0.15, -0.1) is 6.58 Å². The highest BCUT2D eigenvalue weighted by Gasteiger charge is 2.38. The number of anilines is 1. The molecule has 1 atom stereocenters. The molecule has 6 heteroatoms. The van der Waals surface area contributed by atoms with E-state index in [0.717, 1.165) is 33.6 Å². The van der Waals surface area contributed by atoms with Crippen LogP contribution in [-0.2, 0) is 9.59 Å². The molecule has 0 unspecified atom stereocenters. The molecule has 1 N–H and O–H groups in total. The standard InChI is InChI=1S/C24H27N3O2S/c1-6-12-27-23(29)20(14-21(28)26-22-16(3)8-7-9-17(22)4)30-24(27)25-19-11-10-15(2)13-18(19)5/h6-11,13,20H,1,12,14H2,2-5H3,(H,26,28)/t20-/m1/s1. The quantitative estimate of drug-likeness (QED) is 0.663. The number of amidine groups is 1. The zero-order valence-corrected chi connectivity index (χ0v) is 18.7. The molecule has 1 saturated heterocycles. The van der Waals surface area contributed by atoms with E-state index in [1.54, 1.807) is 11.0 Å². The van der Waals surface area contributed by atoms with Crippen LogP contribution in [-0.4, -0.2) is 33.7 Å². The van der Waals surface area contributed by atoms with Gasteiger partial charge in [-0.2, -0.15) is 0 Å². The maximum absolute atomic E-state index is 13.0. The number of aryl methyl sites for hydroxylation is 4. The molecule has 2 aromatic rings. The average molecular weight is 422 g/mol. The molecule has 2 amide bonds. The molecule has 3 rings (SSSR count). The van der Waals surface area contributed by atoms with Gasteiger partial charge in [-0.1, -0.05) is 53.7 Å². The lowest BCUT2D eigenvalue weighted by atomic mass is 10.1. The summed E-state index contributed by atoms with van der Waals surface area (Å²) in [4.78, 5) is 32.0. The van der Waals surface area contributed by atoms with Gasteiger partial charge in [0.25, 0.3) is 0 Å². The van der Waals surface area contributed by atoms with Crippen molar-refractivity contribution in [1.82, 2.24) is 4.90 Å². The van der Waals surface area contributed by atoms with Gasteiger partial charge in [-0.3, -0.25) is 14.5 Å². The first-order valence-corrected chi connectivity index (χ1v) is 10.8. The third-order valence-electron chi connectivity index (χ3n) is 5.02. The summed E-state index contributed by atoms with van der Waals surface area (Å²) in [6.07, 6.45) is 1.77. The lowest BCUT2D eigenvalue weighted by Crippen LogP contribution is -2.33. The third kappa shape index (κ3) is 4.82. The van der Waals surface area contributed by atoms with Crippen molar-refractivity contribution >= 4 is 40.1 Å². The SMILES string of the molecule is C=CCN1C(=O)[C@@H](CC(=O)Nc2c(C)cccc2C)SC1=Nc1ccc(C)cc1C. The molecule has 0 spiro atoms. The Morgan fingerprint density at radius 3 is 2.50 bits per heavy atom. The monoisotopic (exact) mass is 421 g/mol. The molecule has 0 bridgehead atoms. The van der Waals surface area contributed by atoms with E-state index in [1.807, 2.05) is 58.0 Å². The summed E-state index contributed by atoms with van der Waals surface area (Å²) in [6, 6.07) is 11.9. The van der Waals surface area contributed by atoms with Gasteiger partial charge >= 0.3 is 0 Å². The summed E-state index contributed by atoms with van der Waals surface area (Å²) in [7, 11) is 0. The Bertz CT molecular complexity index is 1010. The molecule has 0 saturated carbocycles. The van der Waals surface area contributed by atoms with Gasteiger partial charge in [0.2, 0.25) is 11.8 Å². The van der Waals surface area contributed by atoms with Gasteiger partial charge < -0.3 is 5.32 Å². The van der Waals surface area contributed by atoms with Gasteiger partial charge in [-0.25, -0.2) is 4.99 Å². The Hall–Kier alpha value is -2.86. The Balaban J connectivity index is 1.79. The summed E-state index contributed by atoms with van der Waals surface area (Å²) in [5, 5.41) is 3.08. The van der Waals surface area contributed by atoms with Crippen molar-refractivity contribution < 1.29 is 9.59 Å². The van der Waals surface area contributed by atoms with Crippen molar-refractivity contribution in [3.8, 4) is 0 Å². The van der Waals surface area contributed by atoms with E-state index in [0.29, 0.717) is 11.7 Å². The minimum atomic E-state index is -0.501. The van der Waals surface area contributed by atoms with Gasteiger partial charge in [0.1, 0.15) is 5.25 Å². The smallest absolute Gasteiger partial charge is 0.242 e. The van der Waals surface area contributed by atoms with Crippen LogP contribution < -0.4 is 5.32 Å². The number of nitrogens with one attached hydrogen (secondary N) is 1.